The van der Waals surface area contributed by atoms with Crippen LogP contribution in [0.4, 0.5) is 19.0 Å². The number of likely N-dealkylation sites (N-methyl/N-ethyl adjacent to an activating group) is 1. The Hall–Kier alpha value is -2.17. The van der Waals surface area contributed by atoms with Crippen LogP contribution in [0.25, 0.3) is 11.3 Å². The number of pyridine rings is 1. The van der Waals surface area contributed by atoms with E-state index in [0.29, 0.717) is 35.1 Å². The molecule has 35 heavy (non-hydrogen) atoms. The van der Waals surface area contributed by atoms with Gasteiger partial charge in [-0.1, -0.05) is 0 Å². The van der Waals surface area contributed by atoms with Crippen molar-refractivity contribution < 1.29 is 17.9 Å². The fourth-order valence-corrected chi connectivity index (χ4v) is 7.69. The highest BCUT2D eigenvalue weighted by atomic mass is 19.4. The maximum atomic E-state index is 13.4. The third-order valence-electron chi connectivity index (χ3n) is 9.66. The van der Waals surface area contributed by atoms with Crippen LogP contribution in [0.2, 0.25) is 0 Å². The first kappa shape index (κ1) is 22.1. The van der Waals surface area contributed by atoms with Gasteiger partial charge in [0.2, 0.25) is 0 Å². The lowest BCUT2D eigenvalue weighted by atomic mass is 9.91. The van der Waals surface area contributed by atoms with Gasteiger partial charge >= 0.3 is 6.18 Å². The molecule has 5 atom stereocenters. The smallest absolute Gasteiger partial charge is 0.383 e. The monoisotopic (exact) mass is 488 g/mol. The molecule has 4 saturated carbocycles. The topological polar surface area (TPSA) is 72.4 Å². The van der Waals surface area contributed by atoms with E-state index in [1.165, 1.54) is 18.3 Å². The van der Waals surface area contributed by atoms with Crippen LogP contribution in [-0.2, 0) is 16.3 Å². The molecule has 8 rings (SSSR count). The molecular weight excluding hydrogens is 457 g/mol. The molecule has 6 fully saturated rings. The summed E-state index contributed by atoms with van der Waals surface area (Å²) in [6.07, 6.45) is -1.95. The maximum Gasteiger partial charge on any atom is 0.419 e. The number of nitrogen functional groups attached to an aromatic ring is 1. The molecular formula is C25H31F3N6O. The van der Waals surface area contributed by atoms with E-state index in [9.17, 15) is 13.2 Å². The summed E-state index contributed by atoms with van der Waals surface area (Å²) in [4.78, 5) is 8.99. The minimum Gasteiger partial charge on any atom is -0.383 e. The van der Waals surface area contributed by atoms with Crippen molar-refractivity contribution >= 4 is 5.82 Å². The molecule has 2 N–H and O–H groups in total. The number of halogens is 3. The summed E-state index contributed by atoms with van der Waals surface area (Å²) in [5.41, 5.74) is 7.01. The molecule has 2 aromatic heterocycles. The predicted octanol–water partition coefficient (Wildman–Crippen LogP) is 3.03. The van der Waals surface area contributed by atoms with Crippen LogP contribution in [0.1, 0.15) is 37.6 Å². The van der Waals surface area contributed by atoms with Gasteiger partial charge in [0.05, 0.1) is 30.0 Å². The normalized spacial score (nSPS) is 35.4. The first-order valence-electron chi connectivity index (χ1n) is 12.5. The Balaban J connectivity index is 1.19. The van der Waals surface area contributed by atoms with Crippen molar-refractivity contribution in [2.24, 2.45) is 17.8 Å². The molecule has 7 nitrogen and oxygen atoms in total. The summed E-state index contributed by atoms with van der Waals surface area (Å²) < 4.78 is 48.0. The number of nitrogens with zero attached hydrogens (tertiary/aromatic N) is 5. The summed E-state index contributed by atoms with van der Waals surface area (Å²) in [6, 6.07) is 3.80. The highest BCUT2D eigenvalue weighted by Crippen LogP contribution is 2.91. The number of hydrogen-bond donors (Lipinski definition) is 1. The third-order valence-corrected chi connectivity index (χ3v) is 9.66. The number of fused-ring (bicyclic) bond motifs is 1. The number of rotatable bonds is 4. The SMILES string of the molecule is CC(C)n1nc(-c2cnc(N)c(C(F)(F)F)c2)cc1[C@@]12[C@@H]3[C@H]1CC(N1CCN(C)C4(COC4)C1)[C@@H]32. The average molecular weight is 489 g/mol. The van der Waals surface area contributed by atoms with Crippen LogP contribution in [0.5, 0.6) is 0 Å². The Bertz CT molecular complexity index is 1200. The number of aromatic nitrogens is 3. The van der Waals surface area contributed by atoms with E-state index < -0.39 is 17.6 Å². The van der Waals surface area contributed by atoms with Gasteiger partial charge in [-0.3, -0.25) is 14.5 Å². The van der Waals surface area contributed by atoms with Crippen LogP contribution < -0.4 is 5.73 Å². The average Bonchev–Trinajstić information content (AvgIpc) is 3.33. The van der Waals surface area contributed by atoms with Crippen LogP contribution in [-0.4, -0.2) is 76.0 Å². The van der Waals surface area contributed by atoms with Crippen LogP contribution in [0.3, 0.4) is 0 Å². The van der Waals surface area contributed by atoms with Crippen molar-refractivity contribution in [3.05, 3.63) is 29.6 Å². The highest BCUT2D eigenvalue weighted by molar-refractivity contribution is 5.65. The molecule has 1 spiro atoms. The van der Waals surface area contributed by atoms with Gasteiger partial charge in [0.1, 0.15) is 5.82 Å². The van der Waals surface area contributed by atoms with Crippen LogP contribution in [0.15, 0.2) is 18.3 Å². The summed E-state index contributed by atoms with van der Waals surface area (Å²) in [5, 5.41) is 4.79. The van der Waals surface area contributed by atoms with E-state index in [0.717, 1.165) is 38.9 Å². The third kappa shape index (κ3) is 2.79. The van der Waals surface area contributed by atoms with E-state index >= 15 is 0 Å². The molecule has 188 valence electrons. The van der Waals surface area contributed by atoms with Gasteiger partial charge in [0, 0.05) is 54.6 Å². The van der Waals surface area contributed by atoms with Crippen LogP contribution in [0, 0.1) is 17.8 Å². The van der Waals surface area contributed by atoms with E-state index in [1.54, 1.807) is 0 Å². The fraction of sp³-hybridized carbons (Fsp3) is 0.680. The Labute approximate surface area is 202 Å². The van der Waals surface area contributed by atoms with Gasteiger partial charge in [-0.05, 0) is 57.2 Å². The zero-order chi connectivity index (χ0) is 24.5. The molecule has 6 aliphatic rings. The van der Waals surface area contributed by atoms with Gasteiger partial charge in [-0.2, -0.15) is 18.3 Å². The molecule has 4 heterocycles. The van der Waals surface area contributed by atoms with Gasteiger partial charge in [0.25, 0.3) is 0 Å². The summed E-state index contributed by atoms with van der Waals surface area (Å²) in [5.74, 6) is 1.45. The maximum absolute atomic E-state index is 13.4. The van der Waals surface area contributed by atoms with Crippen molar-refractivity contribution in [1.82, 2.24) is 24.6 Å². The van der Waals surface area contributed by atoms with Crippen molar-refractivity contribution in [3.8, 4) is 11.3 Å². The second-order valence-electron chi connectivity index (χ2n) is 11.6. The first-order valence-corrected chi connectivity index (χ1v) is 12.5. The van der Waals surface area contributed by atoms with E-state index in [2.05, 4.69) is 35.7 Å². The molecule has 0 radical (unpaired) electrons. The van der Waals surface area contributed by atoms with Crippen molar-refractivity contribution in [3.63, 3.8) is 0 Å². The lowest BCUT2D eigenvalue weighted by Gasteiger charge is -2.55. The Kier molecular flexibility index (Phi) is 4.27. The van der Waals surface area contributed by atoms with Crippen molar-refractivity contribution in [1.29, 1.82) is 0 Å². The van der Waals surface area contributed by atoms with E-state index in [-0.39, 0.29) is 17.0 Å². The summed E-state index contributed by atoms with van der Waals surface area (Å²) >= 11 is 0. The molecule has 0 amide bonds. The predicted molar refractivity (Wildman–Crippen MR) is 124 cm³/mol. The molecule has 10 heteroatoms. The van der Waals surface area contributed by atoms with E-state index in [1.807, 2.05) is 10.7 Å². The summed E-state index contributed by atoms with van der Waals surface area (Å²) in [6.45, 7) is 9.00. The van der Waals surface area contributed by atoms with Gasteiger partial charge < -0.3 is 10.5 Å². The largest absolute Gasteiger partial charge is 0.419 e. The number of ether oxygens (including phenoxy) is 1. The lowest BCUT2D eigenvalue weighted by Crippen LogP contribution is -2.71. The molecule has 1 unspecified atom stereocenters. The second-order valence-corrected chi connectivity index (χ2v) is 11.6. The number of alkyl halides is 3. The van der Waals surface area contributed by atoms with Crippen molar-refractivity contribution in [2.75, 3.05) is 45.6 Å². The number of piperazine rings is 1. The Morgan fingerprint density at radius 2 is 1.94 bits per heavy atom. The minimum absolute atomic E-state index is 0.121. The lowest BCUT2D eigenvalue weighted by molar-refractivity contribution is -0.166. The minimum atomic E-state index is -4.55. The highest BCUT2D eigenvalue weighted by Gasteiger charge is 2.93. The van der Waals surface area contributed by atoms with Gasteiger partial charge in [0.15, 0.2) is 0 Å². The number of nitrogens with two attached hydrogens (primary N) is 1. The Morgan fingerprint density at radius 3 is 2.57 bits per heavy atom. The van der Waals surface area contributed by atoms with E-state index in [4.69, 9.17) is 15.6 Å². The second kappa shape index (κ2) is 6.77. The van der Waals surface area contributed by atoms with Crippen LogP contribution >= 0.6 is 0 Å². The standard InChI is InChI=1S/C25H31F3N6O/c1-13(2)34-19(8-17(31-34)14-6-16(25(26,27)28)22(29)30-9-14)24-15-7-18(21(24)20(15)24)33-5-4-32(3)23(10-33)11-35-12-23/h6,8-9,13,15,18,20-21H,4-5,7,10-12H2,1-3H3,(H2,29,30)/t15-,18?,20-,21+,24-/m1/s1. The number of hydrogen-bond acceptors (Lipinski definition) is 6. The number of anilines is 1. The molecule has 2 aliphatic heterocycles. The first-order chi connectivity index (χ1) is 16.6. The quantitative estimate of drug-likeness (QED) is 0.714. The van der Waals surface area contributed by atoms with Gasteiger partial charge in [-0.15, -0.1) is 0 Å². The molecule has 4 aliphatic carbocycles. The fourth-order valence-electron chi connectivity index (χ4n) is 7.69. The Morgan fingerprint density at radius 1 is 1.17 bits per heavy atom. The molecule has 2 aromatic rings. The van der Waals surface area contributed by atoms with Gasteiger partial charge in [-0.25, -0.2) is 4.98 Å². The molecule has 2 bridgehead atoms. The molecule has 0 aromatic carbocycles. The molecule has 2 saturated heterocycles. The zero-order valence-electron chi connectivity index (χ0n) is 20.2. The zero-order valence-corrected chi connectivity index (χ0v) is 20.2. The van der Waals surface area contributed by atoms with Crippen molar-refractivity contribution in [2.45, 2.75) is 49.5 Å². The summed E-state index contributed by atoms with van der Waals surface area (Å²) in [7, 11) is 2.21.